The van der Waals surface area contributed by atoms with Crippen molar-refractivity contribution in [1.82, 2.24) is 5.06 Å². The zero-order valence-electron chi connectivity index (χ0n) is 15.5. The first kappa shape index (κ1) is 21.4. The lowest BCUT2D eigenvalue weighted by molar-refractivity contribution is -0.143. The van der Waals surface area contributed by atoms with Gasteiger partial charge in [0.1, 0.15) is 0 Å². The summed E-state index contributed by atoms with van der Waals surface area (Å²) in [5.41, 5.74) is 0.382. The minimum atomic E-state index is -0.930. The van der Waals surface area contributed by atoms with Crippen LogP contribution in [0.25, 0.3) is 0 Å². The number of carboxylic acids is 1. The fourth-order valence-electron chi connectivity index (χ4n) is 2.83. The SMILES string of the molecule is CN(CCCCC(C)(C(=O)O)c1cccc(I)c1)OC(=O)c1ccccc1. The summed E-state index contributed by atoms with van der Waals surface area (Å²) >= 11 is 2.19. The van der Waals surface area contributed by atoms with Crippen molar-refractivity contribution < 1.29 is 19.5 Å². The molecule has 0 aliphatic heterocycles. The number of carboxylic acid groups (broad SMARTS) is 1. The van der Waals surface area contributed by atoms with Crippen molar-refractivity contribution in [3.8, 4) is 0 Å². The summed E-state index contributed by atoms with van der Waals surface area (Å²) < 4.78 is 1.02. The number of nitrogens with zero attached hydrogens (tertiary/aromatic N) is 1. The Bertz CT molecular complexity index is 781. The van der Waals surface area contributed by atoms with Crippen LogP contribution in [-0.2, 0) is 15.0 Å². The molecule has 0 amide bonds. The van der Waals surface area contributed by atoms with Gasteiger partial charge in [-0.3, -0.25) is 4.79 Å². The smallest absolute Gasteiger partial charge is 0.357 e. The number of rotatable bonds is 9. The van der Waals surface area contributed by atoms with Crippen molar-refractivity contribution in [3.05, 3.63) is 69.3 Å². The largest absolute Gasteiger partial charge is 0.481 e. The Hall–Kier alpha value is -1.93. The minimum Gasteiger partial charge on any atom is -0.481 e. The van der Waals surface area contributed by atoms with Gasteiger partial charge in [-0.05, 0) is 72.2 Å². The number of hydrogen-bond acceptors (Lipinski definition) is 4. The number of hydrogen-bond donors (Lipinski definition) is 1. The van der Waals surface area contributed by atoms with Gasteiger partial charge in [0, 0.05) is 17.2 Å². The maximum Gasteiger partial charge on any atom is 0.357 e. The Balaban J connectivity index is 1.85. The fourth-order valence-corrected chi connectivity index (χ4v) is 3.38. The van der Waals surface area contributed by atoms with E-state index in [1.165, 1.54) is 5.06 Å². The van der Waals surface area contributed by atoms with Gasteiger partial charge in [0.05, 0.1) is 11.0 Å². The number of halogens is 1. The van der Waals surface area contributed by atoms with Gasteiger partial charge in [0.2, 0.25) is 0 Å². The number of carbonyl (C=O) groups excluding carboxylic acids is 1. The van der Waals surface area contributed by atoms with Crippen molar-refractivity contribution in [3.63, 3.8) is 0 Å². The Morgan fingerprint density at radius 1 is 1.11 bits per heavy atom. The predicted molar refractivity (Wildman–Crippen MR) is 112 cm³/mol. The van der Waals surface area contributed by atoms with Crippen LogP contribution in [0, 0.1) is 3.57 Å². The first-order chi connectivity index (χ1) is 12.8. The molecular weight excluding hydrogens is 457 g/mol. The maximum atomic E-state index is 12.0. The predicted octanol–water partition coefficient (Wildman–Crippen LogP) is 4.51. The van der Waals surface area contributed by atoms with Crippen molar-refractivity contribution in [2.24, 2.45) is 0 Å². The van der Waals surface area contributed by atoms with Crippen LogP contribution in [0.2, 0.25) is 0 Å². The molecule has 144 valence electrons. The number of unbranched alkanes of at least 4 members (excludes halogenated alkanes) is 1. The number of carbonyl (C=O) groups is 2. The van der Waals surface area contributed by atoms with Gasteiger partial charge in [-0.25, -0.2) is 4.79 Å². The zero-order valence-corrected chi connectivity index (χ0v) is 17.7. The summed E-state index contributed by atoms with van der Waals surface area (Å²) in [6.45, 7) is 2.31. The van der Waals surface area contributed by atoms with E-state index >= 15 is 0 Å². The highest BCUT2D eigenvalue weighted by atomic mass is 127. The van der Waals surface area contributed by atoms with Gasteiger partial charge < -0.3 is 9.94 Å². The summed E-state index contributed by atoms with van der Waals surface area (Å²) in [7, 11) is 1.71. The molecule has 1 atom stereocenters. The second-order valence-electron chi connectivity index (χ2n) is 6.70. The minimum absolute atomic E-state index is 0.396. The Kier molecular flexibility index (Phi) is 7.79. The molecule has 0 aliphatic rings. The molecule has 0 aliphatic carbocycles. The van der Waals surface area contributed by atoms with Crippen LogP contribution in [0.1, 0.15) is 42.1 Å². The molecule has 5 nitrogen and oxygen atoms in total. The van der Waals surface area contributed by atoms with E-state index < -0.39 is 17.4 Å². The van der Waals surface area contributed by atoms with Crippen LogP contribution in [0.15, 0.2) is 54.6 Å². The van der Waals surface area contributed by atoms with Crippen LogP contribution in [0.5, 0.6) is 0 Å². The molecule has 0 aromatic heterocycles. The number of hydroxylamine groups is 2. The zero-order chi connectivity index (χ0) is 19.9. The average molecular weight is 481 g/mol. The van der Waals surface area contributed by atoms with E-state index in [0.717, 1.165) is 15.6 Å². The Morgan fingerprint density at radius 2 is 1.81 bits per heavy atom. The molecule has 0 fully saturated rings. The molecule has 2 rings (SSSR count). The third kappa shape index (κ3) is 6.04. The molecule has 0 heterocycles. The lowest BCUT2D eigenvalue weighted by Gasteiger charge is -2.26. The van der Waals surface area contributed by atoms with Crippen molar-refractivity contribution in [2.45, 2.75) is 31.6 Å². The third-order valence-corrected chi connectivity index (χ3v) is 5.25. The molecule has 0 saturated carbocycles. The van der Waals surface area contributed by atoms with Crippen molar-refractivity contribution in [1.29, 1.82) is 0 Å². The molecule has 27 heavy (non-hydrogen) atoms. The molecule has 1 N–H and O–H groups in total. The van der Waals surface area contributed by atoms with Crippen LogP contribution in [0.3, 0.4) is 0 Å². The third-order valence-electron chi connectivity index (χ3n) is 4.58. The standard InChI is InChI=1S/C21H24INO4/c1-21(20(25)26,17-11-8-12-18(22)15-17)13-6-7-14-23(2)27-19(24)16-9-4-3-5-10-16/h3-5,8-12,15H,6-7,13-14H2,1-2H3,(H,25,26). The van der Waals surface area contributed by atoms with Crippen LogP contribution >= 0.6 is 22.6 Å². The van der Waals surface area contributed by atoms with Crippen molar-refractivity contribution >= 4 is 34.5 Å². The van der Waals surface area contributed by atoms with Gasteiger partial charge >= 0.3 is 11.9 Å². The summed E-state index contributed by atoms with van der Waals surface area (Å²) in [6.07, 6.45) is 1.95. The number of aliphatic carboxylic acids is 1. The molecule has 0 spiro atoms. The van der Waals surface area contributed by atoms with E-state index in [9.17, 15) is 14.7 Å². The summed E-state index contributed by atoms with van der Waals surface area (Å²) in [4.78, 5) is 29.2. The summed E-state index contributed by atoms with van der Waals surface area (Å²) in [5, 5.41) is 11.2. The Morgan fingerprint density at radius 3 is 2.44 bits per heavy atom. The van der Waals surface area contributed by atoms with Crippen LogP contribution in [-0.4, -0.2) is 35.7 Å². The highest BCUT2D eigenvalue weighted by molar-refractivity contribution is 14.1. The quantitative estimate of drug-likeness (QED) is 0.325. The Labute approximate surface area is 173 Å². The monoisotopic (exact) mass is 481 g/mol. The van der Waals surface area contributed by atoms with Gasteiger partial charge in [-0.1, -0.05) is 36.8 Å². The maximum absolute atomic E-state index is 12.0. The molecule has 1 unspecified atom stereocenters. The van der Waals surface area contributed by atoms with Crippen molar-refractivity contribution in [2.75, 3.05) is 13.6 Å². The van der Waals surface area contributed by atoms with E-state index in [1.54, 1.807) is 38.2 Å². The highest BCUT2D eigenvalue weighted by Crippen LogP contribution is 2.31. The molecule has 6 heteroatoms. The highest BCUT2D eigenvalue weighted by Gasteiger charge is 2.34. The van der Waals surface area contributed by atoms with E-state index in [-0.39, 0.29) is 0 Å². The molecule has 0 bridgehead atoms. The fraction of sp³-hybridized carbons (Fsp3) is 0.333. The topological polar surface area (TPSA) is 66.8 Å². The van der Waals surface area contributed by atoms with E-state index in [4.69, 9.17) is 4.84 Å². The van der Waals surface area contributed by atoms with Gasteiger partial charge in [0.25, 0.3) is 0 Å². The lowest BCUT2D eigenvalue weighted by Crippen LogP contribution is -2.33. The first-order valence-electron chi connectivity index (χ1n) is 8.81. The second kappa shape index (κ2) is 9.85. The second-order valence-corrected chi connectivity index (χ2v) is 7.95. The van der Waals surface area contributed by atoms with Gasteiger partial charge in [-0.2, -0.15) is 0 Å². The van der Waals surface area contributed by atoms with E-state index in [0.29, 0.717) is 24.9 Å². The van der Waals surface area contributed by atoms with E-state index in [1.807, 2.05) is 30.3 Å². The van der Waals surface area contributed by atoms with Crippen LogP contribution < -0.4 is 0 Å². The first-order valence-corrected chi connectivity index (χ1v) is 9.89. The molecule has 0 radical (unpaired) electrons. The lowest BCUT2D eigenvalue weighted by atomic mass is 9.78. The molecule has 2 aromatic carbocycles. The average Bonchev–Trinajstić information content (AvgIpc) is 2.65. The van der Waals surface area contributed by atoms with E-state index in [2.05, 4.69) is 22.6 Å². The summed E-state index contributed by atoms with van der Waals surface area (Å²) in [5.74, 6) is -1.22. The number of benzene rings is 2. The summed E-state index contributed by atoms with van der Waals surface area (Å²) in [6, 6.07) is 16.4. The normalized spacial score (nSPS) is 13.2. The van der Waals surface area contributed by atoms with Gasteiger partial charge in [-0.15, -0.1) is 5.06 Å². The van der Waals surface area contributed by atoms with Gasteiger partial charge in [0.15, 0.2) is 0 Å². The molecular formula is C21H24INO4. The molecule has 2 aromatic rings. The van der Waals surface area contributed by atoms with Crippen LogP contribution in [0.4, 0.5) is 0 Å². The molecule has 0 saturated heterocycles.